The van der Waals surface area contributed by atoms with Crippen LogP contribution in [0.4, 0.5) is 4.39 Å². The smallest absolute Gasteiger partial charge is 0.266 e. The molecule has 0 bridgehead atoms. The Labute approximate surface area is 94.5 Å². The molecule has 0 aliphatic heterocycles. The van der Waals surface area contributed by atoms with Crippen molar-refractivity contribution in [2.75, 3.05) is 0 Å². The van der Waals surface area contributed by atoms with Crippen molar-refractivity contribution in [1.82, 2.24) is 19.8 Å². The number of hydrogen-bond acceptors (Lipinski definition) is 3. The molecule has 17 heavy (non-hydrogen) atoms. The molecule has 0 spiro atoms. The van der Waals surface area contributed by atoms with Crippen molar-refractivity contribution in [3.8, 4) is 11.3 Å². The highest BCUT2D eigenvalue weighted by Crippen LogP contribution is 2.18. The third-order valence-electron chi connectivity index (χ3n) is 2.42. The van der Waals surface area contributed by atoms with Crippen LogP contribution in [0.25, 0.3) is 16.8 Å². The highest BCUT2D eigenvalue weighted by atomic mass is 19.1. The molecule has 6 heteroatoms. The van der Waals surface area contributed by atoms with E-state index in [1.54, 1.807) is 18.2 Å². The van der Waals surface area contributed by atoms with Gasteiger partial charge in [0.1, 0.15) is 17.7 Å². The summed E-state index contributed by atoms with van der Waals surface area (Å²) in [6.07, 6.45) is 1.39. The number of nitrogens with zero attached hydrogens (tertiary/aromatic N) is 3. The molecule has 84 valence electrons. The first-order valence-electron chi connectivity index (χ1n) is 4.93. The van der Waals surface area contributed by atoms with Gasteiger partial charge in [-0.25, -0.2) is 14.0 Å². The zero-order valence-corrected chi connectivity index (χ0v) is 8.59. The fourth-order valence-electron chi connectivity index (χ4n) is 1.64. The van der Waals surface area contributed by atoms with E-state index in [1.165, 1.54) is 23.0 Å². The van der Waals surface area contributed by atoms with Gasteiger partial charge in [-0.2, -0.15) is 10.2 Å². The van der Waals surface area contributed by atoms with Crippen molar-refractivity contribution in [2.45, 2.75) is 0 Å². The van der Waals surface area contributed by atoms with E-state index in [0.717, 1.165) is 0 Å². The molecule has 5 nitrogen and oxygen atoms in total. The predicted octanol–water partition coefficient (Wildman–Crippen LogP) is 1.22. The van der Waals surface area contributed by atoms with Crippen LogP contribution in [0.3, 0.4) is 0 Å². The van der Waals surface area contributed by atoms with Gasteiger partial charge in [0, 0.05) is 5.56 Å². The van der Waals surface area contributed by atoms with Crippen LogP contribution in [0.15, 0.2) is 41.5 Å². The van der Waals surface area contributed by atoms with Crippen LogP contribution in [-0.2, 0) is 0 Å². The number of aromatic amines is 1. The summed E-state index contributed by atoms with van der Waals surface area (Å²) in [4.78, 5) is 11.4. The minimum Gasteiger partial charge on any atom is -0.266 e. The van der Waals surface area contributed by atoms with Gasteiger partial charge in [-0.1, -0.05) is 12.1 Å². The minimum atomic E-state index is -0.341. The highest BCUT2D eigenvalue weighted by molar-refractivity contribution is 5.65. The van der Waals surface area contributed by atoms with E-state index in [0.29, 0.717) is 16.8 Å². The van der Waals surface area contributed by atoms with E-state index in [-0.39, 0.29) is 11.4 Å². The Morgan fingerprint density at radius 3 is 2.94 bits per heavy atom. The number of nitrogens with one attached hydrogen (secondary N) is 1. The van der Waals surface area contributed by atoms with Gasteiger partial charge in [0.2, 0.25) is 0 Å². The van der Waals surface area contributed by atoms with E-state index >= 15 is 0 Å². The summed E-state index contributed by atoms with van der Waals surface area (Å²) < 4.78 is 14.4. The van der Waals surface area contributed by atoms with Gasteiger partial charge in [0.25, 0.3) is 5.56 Å². The number of benzene rings is 1. The number of hydrogen-bond donors (Lipinski definition) is 1. The molecule has 0 aliphatic carbocycles. The lowest BCUT2D eigenvalue weighted by Gasteiger charge is -1.94. The lowest BCUT2D eigenvalue weighted by molar-refractivity contribution is 0.628. The Bertz CT molecular complexity index is 746. The molecule has 1 aromatic carbocycles. The molecular formula is C11H7FN4O. The predicted molar refractivity (Wildman–Crippen MR) is 59.0 cm³/mol. The first-order valence-corrected chi connectivity index (χ1v) is 4.93. The van der Waals surface area contributed by atoms with Crippen molar-refractivity contribution >= 4 is 5.52 Å². The summed E-state index contributed by atoms with van der Waals surface area (Å²) in [6, 6.07) is 7.63. The maximum atomic E-state index is 13.1. The Hall–Kier alpha value is -2.50. The van der Waals surface area contributed by atoms with E-state index in [1.807, 2.05) is 0 Å². The first-order chi connectivity index (χ1) is 8.24. The molecule has 0 saturated heterocycles. The summed E-state index contributed by atoms with van der Waals surface area (Å²) in [5.74, 6) is -0.341. The molecule has 0 radical (unpaired) electrons. The second-order valence-electron chi connectivity index (χ2n) is 3.56. The van der Waals surface area contributed by atoms with Crippen molar-refractivity contribution in [3.05, 3.63) is 52.8 Å². The lowest BCUT2D eigenvalue weighted by Crippen LogP contribution is -2.10. The fraction of sp³-hybridized carbons (Fsp3) is 0. The van der Waals surface area contributed by atoms with E-state index in [2.05, 4.69) is 15.3 Å². The van der Waals surface area contributed by atoms with Crippen LogP contribution in [0.5, 0.6) is 0 Å². The quantitative estimate of drug-likeness (QED) is 0.683. The second kappa shape index (κ2) is 3.51. The fourth-order valence-corrected chi connectivity index (χ4v) is 1.64. The number of aromatic nitrogens is 4. The zero-order chi connectivity index (χ0) is 11.8. The van der Waals surface area contributed by atoms with Crippen molar-refractivity contribution in [2.24, 2.45) is 0 Å². The van der Waals surface area contributed by atoms with Gasteiger partial charge in [0.15, 0.2) is 0 Å². The van der Waals surface area contributed by atoms with Crippen molar-refractivity contribution < 1.29 is 4.39 Å². The first kappa shape index (κ1) is 9.71. The van der Waals surface area contributed by atoms with Gasteiger partial charge >= 0.3 is 0 Å². The third kappa shape index (κ3) is 1.59. The standard InChI is InChI=1S/C11H7FN4O/c12-8-3-1-2-7(4-8)9-5-10-11(17)14-13-6-16(10)15-9/h1-6H,(H,14,17). The lowest BCUT2D eigenvalue weighted by atomic mass is 10.1. The van der Waals surface area contributed by atoms with Crippen LogP contribution in [0, 0.1) is 5.82 Å². The topological polar surface area (TPSA) is 63.0 Å². The Balaban J connectivity index is 2.25. The number of halogens is 1. The summed E-state index contributed by atoms with van der Waals surface area (Å²) in [5, 5.41) is 10.1. The van der Waals surface area contributed by atoms with Gasteiger partial charge in [0.05, 0.1) is 5.69 Å². The zero-order valence-electron chi connectivity index (χ0n) is 8.59. The molecule has 2 aromatic heterocycles. The van der Waals surface area contributed by atoms with Crippen molar-refractivity contribution in [3.63, 3.8) is 0 Å². The minimum absolute atomic E-state index is 0.331. The highest BCUT2D eigenvalue weighted by Gasteiger charge is 2.07. The van der Waals surface area contributed by atoms with Gasteiger partial charge in [-0.15, -0.1) is 0 Å². The molecular weight excluding hydrogens is 223 g/mol. The molecule has 0 amide bonds. The van der Waals surface area contributed by atoms with Crippen LogP contribution < -0.4 is 5.56 Å². The summed E-state index contributed by atoms with van der Waals surface area (Å²) in [7, 11) is 0. The largest absolute Gasteiger partial charge is 0.290 e. The maximum Gasteiger partial charge on any atom is 0.290 e. The molecule has 0 aliphatic rings. The average Bonchev–Trinajstić information content (AvgIpc) is 2.74. The Morgan fingerprint density at radius 2 is 2.18 bits per heavy atom. The van der Waals surface area contributed by atoms with E-state index in [4.69, 9.17) is 0 Å². The molecule has 3 aromatic rings. The van der Waals surface area contributed by atoms with Crippen LogP contribution in [0.2, 0.25) is 0 Å². The van der Waals surface area contributed by atoms with Crippen LogP contribution in [-0.4, -0.2) is 19.8 Å². The Morgan fingerprint density at radius 1 is 1.29 bits per heavy atom. The number of H-pyrrole nitrogens is 1. The SMILES string of the molecule is O=c1[nH]ncn2nc(-c3cccc(F)c3)cc12. The molecule has 0 unspecified atom stereocenters. The molecule has 0 atom stereocenters. The van der Waals surface area contributed by atoms with E-state index < -0.39 is 0 Å². The molecule has 0 fully saturated rings. The van der Waals surface area contributed by atoms with Gasteiger partial charge < -0.3 is 0 Å². The normalized spacial score (nSPS) is 10.9. The summed E-state index contributed by atoms with van der Waals surface area (Å²) >= 11 is 0. The van der Waals surface area contributed by atoms with Gasteiger partial charge in [-0.05, 0) is 18.2 Å². The molecule has 2 heterocycles. The van der Waals surface area contributed by atoms with Crippen molar-refractivity contribution in [1.29, 1.82) is 0 Å². The van der Waals surface area contributed by atoms with Crippen LogP contribution >= 0.6 is 0 Å². The summed E-state index contributed by atoms with van der Waals surface area (Å²) in [6.45, 7) is 0. The third-order valence-corrected chi connectivity index (χ3v) is 2.42. The Kier molecular flexibility index (Phi) is 2.01. The number of rotatable bonds is 1. The monoisotopic (exact) mass is 230 g/mol. The van der Waals surface area contributed by atoms with Gasteiger partial charge in [-0.3, -0.25) is 4.79 Å². The molecule has 1 N–H and O–H groups in total. The second-order valence-corrected chi connectivity index (χ2v) is 3.56. The molecule has 3 rings (SSSR count). The average molecular weight is 230 g/mol. The summed E-state index contributed by atoms with van der Waals surface area (Å²) in [5.41, 5.74) is 1.19. The molecule has 0 saturated carbocycles. The maximum absolute atomic E-state index is 13.1. The number of fused-ring (bicyclic) bond motifs is 1. The van der Waals surface area contributed by atoms with E-state index in [9.17, 15) is 9.18 Å². The van der Waals surface area contributed by atoms with Crippen LogP contribution in [0.1, 0.15) is 0 Å².